The van der Waals surface area contributed by atoms with Gasteiger partial charge in [-0.05, 0) is 37.5 Å². The molecule has 1 saturated heterocycles. The predicted octanol–water partition coefficient (Wildman–Crippen LogP) is 2.43. The second kappa shape index (κ2) is 5.98. The molecule has 1 unspecified atom stereocenters. The monoisotopic (exact) mass is 283 g/mol. The molecule has 1 N–H and O–H groups in total. The Labute approximate surface area is 115 Å². The van der Waals surface area contributed by atoms with Crippen LogP contribution in [0.3, 0.4) is 0 Å². The van der Waals surface area contributed by atoms with E-state index in [2.05, 4.69) is 0 Å². The summed E-state index contributed by atoms with van der Waals surface area (Å²) >= 11 is 0. The lowest BCUT2D eigenvalue weighted by molar-refractivity contribution is -0.138. The predicted molar refractivity (Wildman–Crippen MR) is 67.3 cm³/mol. The Morgan fingerprint density at radius 1 is 1.30 bits per heavy atom. The molecule has 1 aromatic rings. The quantitative estimate of drug-likeness (QED) is 0.927. The number of carboxylic acid groups (broad SMARTS) is 1. The van der Waals surface area contributed by atoms with Gasteiger partial charge >= 0.3 is 5.97 Å². The summed E-state index contributed by atoms with van der Waals surface area (Å²) in [6.45, 7) is 0.368. The van der Waals surface area contributed by atoms with Gasteiger partial charge in [-0.2, -0.15) is 0 Å². The molecular formula is C14H15F2NO3. The molecule has 108 valence electrons. The molecule has 0 radical (unpaired) electrons. The van der Waals surface area contributed by atoms with Gasteiger partial charge in [-0.15, -0.1) is 0 Å². The van der Waals surface area contributed by atoms with Gasteiger partial charge in [-0.3, -0.25) is 9.59 Å². The summed E-state index contributed by atoms with van der Waals surface area (Å²) < 4.78 is 26.8. The molecule has 2 rings (SSSR count). The maximum Gasteiger partial charge on any atom is 0.305 e. The molecule has 1 heterocycles. The minimum Gasteiger partial charge on any atom is -0.481 e. The van der Waals surface area contributed by atoms with E-state index in [4.69, 9.17) is 5.11 Å². The van der Waals surface area contributed by atoms with Crippen molar-refractivity contribution in [3.05, 3.63) is 35.4 Å². The van der Waals surface area contributed by atoms with Crippen LogP contribution in [-0.2, 0) is 4.79 Å². The summed E-state index contributed by atoms with van der Waals surface area (Å²) in [7, 11) is 0. The van der Waals surface area contributed by atoms with Crippen LogP contribution in [0.2, 0.25) is 0 Å². The van der Waals surface area contributed by atoms with Crippen molar-refractivity contribution in [3.63, 3.8) is 0 Å². The molecule has 1 atom stereocenters. The molecule has 0 bridgehead atoms. The number of carboxylic acids is 1. The molecule has 4 nitrogen and oxygen atoms in total. The summed E-state index contributed by atoms with van der Waals surface area (Å²) in [6.07, 6.45) is 1.95. The van der Waals surface area contributed by atoms with Gasteiger partial charge in [0, 0.05) is 12.6 Å². The Balaban J connectivity index is 2.25. The van der Waals surface area contributed by atoms with E-state index in [0.29, 0.717) is 13.0 Å². The molecule has 0 aliphatic carbocycles. The first-order valence-corrected chi connectivity index (χ1v) is 6.47. The maximum absolute atomic E-state index is 13.6. The van der Waals surface area contributed by atoms with E-state index in [9.17, 15) is 18.4 Å². The van der Waals surface area contributed by atoms with Crippen molar-refractivity contribution in [2.45, 2.75) is 31.7 Å². The fraction of sp³-hybridized carbons (Fsp3) is 0.429. The van der Waals surface area contributed by atoms with E-state index < -0.39 is 29.6 Å². The Morgan fingerprint density at radius 2 is 2.05 bits per heavy atom. The number of carbonyl (C=O) groups excluding carboxylic acids is 1. The zero-order chi connectivity index (χ0) is 14.7. The number of piperidine rings is 1. The normalized spacial score (nSPS) is 18.9. The fourth-order valence-corrected chi connectivity index (χ4v) is 2.50. The Morgan fingerprint density at radius 3 is 2.75 bits per heavy atom. The third-order valence-electron chi connectivity index (χ3n) is 3.46. The van der Waals surface area contributed by atoms with Gasteiger partial charge in [0.25, 0.3) is 5.91 Å². The molecule has 0 saturated carbocycles. The molecule has 0 aromatic heterocycles. The number of benzene rings is 1. The number of hydrogen-bond acceptors (Lipinski definition) is 2. The van der Waals surface area contributed by atoms with E-state index >= 15 is 0 Å². The summed E-state index contributed by atoms with van der Waals surface area (Å²) in [4.78, 5) is 24.5. The van der Waals surface area contributed by atoms with Crippen LogP contribution in [0.5, 0.6) is 0 Å². The van der Waals surface area contributed by atoms with Crippen LogP contribution in [0.1, 0.15) is 36.0 Å². The van der Waals surface area contributed by atoms with Crippen LogP contribution < -0.4 is 0 Å². The zero-order valence-corrected chi connectivity index (χ0v) is 10.8. The Kier molecular flexibility index (Phi) is 4.32. The van der Waals surface area contributed by atoms with Crippen molar-refractivity contribution in [2.24, 2.45) is 0 Å². The number of hydrogen-bond donors (Lipinski definition) is 1. The highest BCUT2D eigenvalue weighted by atomic mass is 19.1. The third-order valence-corrected chi connectivity index (χ3v) is 3.46. The largest absolute Gasteiger partial charge is 0.481 e. The molecule has 20 heavy (non-hydrogen) atoms. The molecule has 0 spiro atoms. The average Bonchev–Trinajstić information content (AvgIpc) is 2.41. The molecule has 1 aliphatic rings. The Hall–Kier alpha value is -1.98. The van der Waals surface area contributed by atoms with E-state index in [1.54, 1.807) is 0 Å². The van der Waals surface area contributed by atoms with Crippen LogP contribution in [0.25, 0.3) is 0 Å². The molecule has 1 fully saturated rings. The van der Waals surface area contributed by atoms with Gasteiger partial charge < -0.3 is 10.0 Å². The number of aliphatic carboxylic acids is 1. The van der Waals surface area contributed by atoms with Gasteiger partial charge in [-0.1, -0.05) is 0 Å². The van der Waals surface area contributed by atoms with Gasteiger partial charge in [0.1, 0.15) is 11.6 Å². The van der Waals surface area contributed by atoms with Crippen molar-refractivity contribution >= 4 is 11.9 Å². The topological polar surface area (TPSA) is 57.6 Å². The average molecular weight is 283 g/mol. The lowest BCUT2D eigenvalue weighted by Crippen LogP contribution is -2.45. The van der Waals surface area contributed by atoms with E-state index in [1.165, 1.54) is 4.90 Å². The van der Waals surface area contributed by atoms with Crippen LogP contribution in [0.4, 0.5) is 8.78 Å². The Bertz CT molecular complexity index is 533. The van der Waals surface area contributed by atoms with Crippen molar-refractivity contribution in [2.75, 3.05) is 6.54 Å². The van der Waals surface area contributed by atoms with Crippen LogP contribution in [0, 0.1) is 11.6 Å². The number of rotatable bonds is 3. The highest BCUT2D eigenvalue weighted by molar-refractivity contribution is 5.95. The number of carbonyl (C=O) groups is 2. The third kappa shape index (κ3) is 3.12. The first-order chi connectivity index (χ1) is 9.49. The minimum absolute atomic E-state index is 0.178. The summed E-state index contributed by atoms with van der Waals surface area (Å²) in [6, 6.07) is 2.23. The molecule has 6 heteroatoms. The number of amides is 1. The second-order valence-corrected chi connectivity index (χ2v) is 4.87. The molecule has 1 aliphatic heterocycles. The number of halogens is 2. The maximum atomic E-state index is 13.6. The highest BCUT2D eigenvalue weighted by Crippen LogP contribution is 2.23. The smallest absolute Gasteiger partial charge is 0.305 e. The van der Waals surface area contributed by atoms with E-state index in [1.807, 2.05) is 0 Å². The first-order valence-electron chi connectivity index (χ1n) is 6.47. The number of likely N-dealkylation sites (tertiary alicyclic amines) is 1. The van der Waals surface area contributed by atoms with Gasteiger partial charge in [0.2, 0.25) is 0 Å². The number of nitrogens with zero attached hydrogens (tertiary/aromatic N) is 1. The van der Waals surface area contributed by atoms with E-state index in [-0.39, 0.29) is 12.0 Å². The van der Waals surface area contributed by atoms with Crippen LogP contribution >= 0.6 is 0 Å². The summed E-state index contributed by atoms with van der Waals surface area (Å²) in [5, 5.41) is 8.86. The van der Waals surface area contributed by atoms with Gasteiger partial charge in [0.15, 0.2) is 0 Å². The summed E-state index contributed by atoms with van der Waals surface area (Å²) in [5.41, 5.74) is -0.345. The minimum atomic E-state index is -1.01. The highest BCUT2D eigenvalue weighted by Gasteiger charge is 2.30. The first kappa shape index (κ1) is 14.4. The van der Waals surface area contributed by atoms with Crippen molar-refractivity contribution < 1.29 is 23.5 Å². The van der Waals surface area contributed by atoms with Crippen LogP contribution in [-0.4, -0.2) is 34.5 Å². The fourth-order valence-electron chi connectivity index (χ4n) is 2.50. The SMILES string of the molecule is O=C(O)CC1CCCCN1C(=O)c1cc(F)ccc1F. The van der Waals surface area contributed by atoms with Gasteiger partial charge in [0.05, 0.1) is 12.0 Å². The molecule has 1 aromatic carbocycles. The lowest BCUT2D eigenvalue weighted by Gasteiger charge is -2.35. The second-order valence-electron chi connectivity index (χ2n) is 4.87. The van der Waals surface area contributed by atoms with Crippen molar-refractivity contribution in [3.8, 4) is 0 Å². The lowest BCUT2D eigenvalue weighted by atomic mass is 9.98. The molecular weight excluding hydrogens is 268 g/mol. The van der Waals surface area contributed by atoms with Crippen LogP contribution in [0.15, 0.2) is 18.2 Å². The summed E-state index contributed by atoms with van der Waals surface area (Å²) in [5.74, 6) is -3.14. The van der Waals surface area contributed by atoms with E-state index in [0.717, 1.165) is 31.0 Å². The van der Waals surface area contributed by atoms with Crippen molar-refractivity contribution in [1.82, 2.24) is 4.90 Å². The van der Waals surface area contributed by atoms with Crippen molar-refractivity contribution in [1.29, 1.82) is 0 Å². The zero-order valence-electron chi connectivity index (χ0n) is 10.8. The standard InChI is InChI=1S/C14H15F2NO3/c15-9-4-5-12(16)11(7-9)14(20)17-6-2-1-3-10(17)8-13(18)19/h4-5,7,10H,1-3,6,8H2,(H,18,19). The van der Waals surface area contributed by atoms with Gasteiger partial charge in [-0.25, -0.2) is 8.78 Å². The molecule has 1 amide bonds.